The van der Waals surface area contributed by atoms with Crippen LogP contribution in [0.1, 0.15) is 39.1 Å². The van der Waals surface area contributed by atoms with Gasteiger partial charge in [-0.15, -0.1) is 0 Å². The number of rotatable bonds is 6. The van der Waals surface area contributed by atoms with Gasteiger partial charge in [-0.2, -0.15) is 10.2 Å². The first-order chi connectivity index (χ1) is 15.9. The van der Waals surface area contributed by atoms with Gasteiger partial charge in [-0.1, -0.05) is 47.6 Å². The molecule has 0 spiro atoms. The lowest BCUT2D eigenvalue weighted by atomic mass is 10.1. The van der Waals surface area contributed by atoms with E-state index in [-0.39, 0.29) is 5.91 Å². The normalized spacial score (nSPS) is 11.3. The van der Waals surface area contributed by atoms with Gasteiger partial charge in [-0.05, 0) is 37.6 Å². The third kappa shape index (κ3) is 4.72. The van der Waals surface area contributed by atoms with Gasteiger partial charge in [0, 0.05) is 24.5 Å². The average Bonchev–Trinajstić information content (AvgIpc) is 3.43. The third-order valence-electron chi connectivity index (χ3n) is 5.05. The lowest BCUT2D eigenvalue weighted by Gasteiger charge is -2.08. The predicted octanol–water partition coefficient (Wildman–Crippen LogP) is 3.79. The summed E-state index contributed by atoms with van der Waals surface area (Å²) >= 11 is 0. The number of nitrogens with zero attached hydrogens (tertiary/aromatic N) is 4. The van der Waals surface area contributed by atoms with Crippen molar-refractivity contribution in [2.24, 2.45) is 12.1 Å². The highest BCUT2D eigenvalue weighted by Gasteiger charge is 2.21. The van der Waals surface area contributed by atoms with E-state index in [9.17, 15) is 9.59 Å². The van der Waals surface area contributed by atoms with Gasteiger partial charge in [0.25, 0.3) is 11.8 Å². The zero-order valence-corrected chi connectivity index (χ0v) is 18.4. The van der Waals surface area contributed by atoms with Crippen molar-refractivity contribution in [2.45, 2.75) is 13.8 Å². The van der Waals surface area contributed by atoms with E-state index in [0.717, 1.165) is 11.1 Å². The second-order valence-electron chi connectivity index (χ2n) is 7.34. The molecule has 0 aliphatic carbocycles. The summed E-state index contributed by atoms with van der Waals surface area (Å²) in [6.45, 7) is 3.44. The molecule has 166 valence electrons. The number of aryl methyl sites for hydroxylation is 2. The van der Waals surface area contributed by atoms with Crippen LogP contribution in [0.3, 0.4) is 0 Å². The predicted molar refractivity (Wildman–Crippen MR) is 124 cm³/mol. The summed E-state index contributed by atoms with van der Waals surface area (Å²) in [5.41, 5.74) is 6.48. The second-order valence-corrected chi connectivity index (χ2v) is 7.34. The number of carbonyl (C=O) groups excluding carboxylic acids is 2. The van der Waals surface area contributed by atoms with Crippen LogP contribution in [0, 0.1) is 6.92 Å². The number of hydrogen-bond donors (Lipinski definition) is 2. The molecule has 2 amide bonds. The van der Waals surface area contributed by atoms with Crippen LogP contribution in [0.5, 0.6) is 0 Å². The number of amides is 2. The van der Waals surface area contributed by atoms with Crippen LogP contribution in [0.15, 0.2) is 76.5 Å². The van der Waals surface area contributed by atoms with Crippen molar-refractivity contribution in [1.29, 1.82) is 0 Å². The molecule has 0 atom stereocenters. The van der Waals surface area contributed by atoms with E-state index >= 15 is 0 Å². The third-order valence-corrected chi connectivity index (χ3v) is 5.05. The van der Waals surface area contributed by atoms with Gasteiger partial charge in [0.1, 0.15) is 22.7 Å². The van der Waals surface area contributed by atoms with Crippen LogP contribution >= 0.6 is 0 Å². The molecule has 4 rings (SSSR count). The van der Waals surface area contributed by atoms with Gasteiger partial charge in [-0.3, -0.25) is 14.3 Å². The quantitative estimate of drug-likeness (QED) is 0.348. The van der Waals surface area contributed by atoms with Crippen molar-refractivity contribution in [1.82, 2.24) is 20.4 Å². The zero-order valence-electron chi connectivity index (χ0n) is 18.4. The molecular formula is C24H22N6O3. The number of carbonyl (C=O) groups is 2. The van der Waals surface area contributed by atoms with Gasteiger partial charge in [0.05, 0.1) is 5.71 Å². The lowest BCUT2D eigenvalue weighted by Crippen LogP contribution is -2.20. The molecule has 0 fully saturated rings. The highest BCUT2D eigenvalue weighted by molar-refractivity contribution is 6.05. The van der Waals surface area contributed by atoms with Crippen molar-refractivity contribution in [3.8, 4) is 11.3 Å². The summed E-state index contributed by atoms with van der Waals surface area (Å²) in [6, 6.07) is 18.1. The molecule has 9 nitrogen and oxygen atoms in total. The minimum Gasteiger partial charge on any atom is -0.360 e. The van der Waals surface area contributed by atoms with Crippen molar-refractivity contribution in [3.63, 3.8) is 0 Å². The molecule has 9 heteroatoms. The molecule has 2 aromatic carbocycles. The largest absolute Gasteiger partial charge is 0.360 e. The Balaban J connectivity index is 1.50. The summed E-state index contributed by atoms with van der Waals surface area (Å²) in [5.74, 6) is -0.293. The van der Waals surface area contributed by atoms with Gasteiger partial charge < -0.3 is 9.84 Å². The standard InChI is InChI=1S/C24H22N6O3/c1-15(18-10-7-11-19(14-18)26-23(31)20-12-13-25-30(20)3)27-28-24(32)21-16(2)33-29-22(21)17-8-5-4-6-9-17/h4-14H,1-3H3,(H,26,31)(H,28,32). The Kier molecular flexibility index (Phi) is 6.12. The number of anilines is 1. The van der Waals surface area contributed by atoms with Crippen molar-refractivity contribution >= 4 is 23.2 Å². The van der Waals surface area contributed by atoms with Crippen molar-refractivity contribution in [3.05, 3.63) is 89.4 Å². The van der Waals surface area contributed by atoms with E-state index in [2.05, 4.69) is 26.1 Å². The summed E-state index contributed by atoms with van der Waals surface area (Å²) < 4.78 is 6.75. The first-order valence-electron chi connectivity index (χ1n) is 10.2. The summed E-state index contributed by atoms with van der Waals surface area (Å²) in [6.07, 6.45) is 1.56. The second kappa shape index (κ2) is 9.31. The van der Waals surface area contributed by atoms with E-state index in [0.29, 0.717) is 34.1 Å². The zero-order chi connectivity index (χ0) is 23.4. The van der Waals surface area contributed by atoms with Crippen molar-refractivity contribution in [2.75, 3.05) is 5.32 Å². The van der Waals surface area contributed by atoms with E-state index in [4.69, 9.17) is 4.52 Å². The molecule has 2 aromatic heterocycles. The topological polar surface area (TPSA) is 114 Å². The van der Waals surface area contributed by atoms with Gasteiger partial charge in [-0.25, -0.2) is 5.43 Å². The fourth-order valence-corrected chi connectivity index (χ4v) is 3.30. The van der Waals surface area contributed by atoms with E-state index in [1.54, 1.807) is 51.4 Å². The SMILES string of the molecule is CC(=NNC(=O)c1c(-c2ccccc2)noc1C)c1cccc(NC(=O)c2ccnn2C)c1. The Morgan fingerprint density at radius 1 is 1.03 bits per heavy atom. The molecule has 0 saturated heterocycles. The Labute approximate surface area is 190 Å². The minimum absolute atomic E-state index is 0.272. The number of benzene rings is 2. The maximum absolute atomic E-state index is 12.8. The molecule has 33 heavy (non-hydrogen) atoms. The first kappa shape index (κ1) is 21.7. The van der Waals surface area contributed by atoms with Crippen molar-refractivity contribution < 1.29 is 14.1 Å². The molecule has 0 aliphatic heterocycles. The van der Waals surface area contributed by atoms with Gasteiger partial charge in [0.15, 0.2) is 0 Å². The molecule has 2 N–H and O–H groups in total. The Morgan fingerprint density at radius 3 is 2.55 bits per heavy atom. The molecule has 0 bridgehead atoms. The average molecular weight is 442 g/mol. The highest BCUT2D eigenvalue weighted by atomic mass is 16.5. The minimum atomic E-state index is -0.424. The number of hydrogen-bond acceptors (Lipinski definition) is 6. The Morgan fingerprint density at radius 2 is 1.82 bits per heavy atom. The van der Waals surface area contributed by atoms with Gasteiger partial charge in [0.2, 0.25) is 0 Å². The fraction of sp³-hybridized carbons (Fsp3) is 0.125. The lowest BCUT2D eigenvalue weighted by molar-refractivity contribution is 0.0952. The van der Waals surface area contributed by atoms with Crippen LogP contribution in [0.25, 0.3) is 11.3 Å². The molecule has 0 radical (unpaired) electrons. The maximum Gasteiger partial charge on any atom is 0.277 e. The van der Waals surface area contributed by atoms with Gasteiger partial charge >= 0.3 is 0 Å². The fourth-order valence-electron chi connectivity index (χ4n) is 3.30. The van der Waals surface area contributed by atoms with E-state index < -0.39 is 5.91 Å². The Hall–Kier alpha value is -4.53. The number of nitrogens with one attached hydrogen (secondary N) is 2. The summed E-state index contributed by atoms with van der Waals surface area (Å²) in [4.78, 5) is 25.3. The van der Waals surface area contributed by atoms with E-state index in [1.807, 2.05) is 36.4 Å². The maximum atomic E-state index is 12.8. The van der Waals surface area contributed by atoms with Crippen LogP contribution < -0.4 is 10.7 Å². The molecule has 2 heterocycles. The number of hydrazone groups is 1. The monoisotopic (exact) mass is 442 g/mol. The van der Waals surface area contributed by atoms with Crippen LogP contribution in [-0.4, -0.2) is 32.5 Å². The molecule has 0 unspecified atom stereocenters. The van der Waals surface area contributed by atoms with E-state index in [1.165, 1.54) is 4.68 Å². The first-order valence-corrected chi connectivity index (χ1v) is 10.2. The Bertz CT molecular complexity index is 1340. The summed E-state index contributed by atoms with van der Waals surface area (Å²) in [7, 11) is 1.70. The molecule has 0 saturated carbocycles. The highest BCUT2D eigenvalue weighted by Crippen LogP contribution is 2.25. The van der Waals surface area contributed by atoms with Crippen LogP contribution in [-0.2, 0) is 7.05 Å². The van der Waals surface area contributed by atoms with Crippen LogP contribution in [0.2, 0.25) is 0 Å². The molecule has 0 aliphatic rings. The number of aromatic nitrogens is 3. The molecule has 4 aromatic rings. The van der Waals surface area contributed by atoms with Crippen LogP contribution in [0.4, 0.5) is 5.69 Å². The molecular weight excluding hydrogens is 420 g/mol. The smallest absolute Gasteiger partial charge is 0.277 e. The summed E-state index contributed by atoms with van der Waals surface area (Å²) in [5, 5.41) is 15.1.